The fourth-order valence-electron chi connectivity index (χ4n) is 7.00. The molecule has 4 fully saturated rings. The molecule has 0 N–H and O–H groups in total. The van der Waals surface area contributed by atoms with Crippen LogP contribution in [0.3, 0.4) is 0 Å². The second-order valence-electron chi connectivity index (χ2n) is 11.5. The Balaban J connectivity index is 0.000000166. The molecule has 4 bridgehead atoms. The molecular weight excluding hydrogens is 566 g/mol. The fourth-order valence-corrected chi connectivity index (χ4v) is 9.56. The third kappa shape index (κ3) is 6.37. The molecule has 1 unspecified atom stereocenters. The first-order valence-corrected chi connectivity index (χ1v) is 16.6. The van der Waals surface area contributed by atoms with Gasteiger partial charge in [0.25, 0.3) is 0 Å². The molecule has 0 spiro atoms. The summed E-state index contributed by atoms with van der Waals surface area (Å²) < 4.78 is 63.6. The van der Waals surface area contributed by atoms with Crippen LogP contribution >= 0.6 is 0 Å². The predicted molar refractivity (Wildman–Crippen MR) is 152 cm³/mol. The van der Waals surface area contributed by atoms with Crippen LogP contribution in [-0.4, -0.2) is 30.3 Å². The van der Waals surface area contributed by atoms with Crippen LogP contribution in [0.15, 0.2) is 106 Å². The number of carbonyl (C=O) groups is 1. The maximum atomic E-state index is 13.5. The molecule has 41 heavy (non-hydrogen) atoms. The minimum absolute atomic E-state index is 0.0146. The Kier molecular flexibility index (Phi) is 8.60. The molecule has 4 aliphatic carbocycles. The summed E-state index contributed by atoms with van der Waals surface area (Å²) in [4.78, 5) is 16.5. The lowest BCUT2D eigenvalue weighted by atomic mass is 9.49. The summed E-state index contributed by atoms with van der Waals surface area (Å²) >= 11 is 0. The van der Waals surface area contributed by atoms with Gasteiger partial charge in [-0.05, 0) is 99.6 Å². The average molecular weight is 601 g/mol. The Morgan fingerprint density at radius 3 is 1.46 bits per heavy atom. The minimum Gasteiger partial charge on any atom is -0.743 e. The topological polar surface area (TPSA) is 83.5 Å². The van der Waals surface area contributed by atoms with E-state index in [1.807, 2.05) is 0 Å². The number of alkyl halides is 2. The van der Waals surface area contributed by atoms with Gasteiger partial charge < -0.3 is 9.29 Å². The van der Waals surface area contributed by atoms with Crippen LogP contribution in [0.1, 0.15) is 45.4 Å². The quantitative estimate of drug-likeness (QED) is 0.165. The first-order valence-electron chi connectivity index (χ1n) is 13.9. The Morgan fingerprint density at radius 2 is 1.15 bits per heavy atom. The molecule has 4 aliphatic rings. The Hall–Kier alpha value is -2.75. The molecule has 3 aromatic rings. The summed E-state index contributed by atoms with van der Waals surface area (Å²) in [5.41, 5.74) is -0.758. The highest BCUT2D eigenvalue weighted by Gasteiger charge is 2.57. The third-order valence-electron chi connectivity index (χ3n) is 8.50. The lowest BCUT2D eigenvalue weighted by Gasteiger charge is -2.55. The molecule has 0 aliphatic heterocycles. The lowest BCUT2D eigenvalue weighted by molar-refractivity contribution is -0.185. The zero-order valence-electron chi connectivity index (χ0n) is 22.8. The van der Waals surface area contributed by atoms with Gasteiger partial charge in [-0.1, -0.05) is 54.6 Å². The zero-order valence-corrected chi connectivity index (χ0v) is 24.5. The average Bonchev–Trinajstić information content (AvgIpc) is 2.94. The van der Waals surface area contributed by atoms with Crippen molar-refractivity contribution in [1.29, 1.82) is 0 Å². The van der Waals surface area contributed by atoms with Gasteiger partial charge in [-0.3, -0.25) is 4.79 Å². The molecule has 9 heteroatoms. The van der Waals surface area contributed by atoms with Gasteiger partial charge in [0.1, 0.15) is 0 Å². The standard InChI is InChI=1S/C18H15S.C14H20F2O5S/c1-4-10-16(11-5-1)19(17-12-6-2-7-13-17)18-14-8-3-9-15-18;1-8(14(15,16)22(18,19)20)21-12(17)13-5-9-2-10(6-13)4-11(3-9)7-13/h1-15H;8-11H,2-7H2,1H3,(H,18,19,20)/q+1;/p-1. The largest absolute Gasteiger partial charge is 0.743 e. The lowest BCUT2D eigenvalue weighted by Crippen LogP contribution is -2.52. The van der Waals surface area contributed by atoms with Crippen LogP contribution in [0.4, 0.5) is 8.78 Å². The van der Waals surface area contributed by atoms with Crippen LogP contribution in [0.2, 0.25) is 0 Å². The smallest absolute Gasteiger partial charge is 0.369 e. The SMILES string of the molecule is CC(OC(=O)C12CC3CC(CC(C3)C1)C2)C(F)(F)S(=O)(=O)[O-].c1ccc([S+](c2ccccc2)c2ccccc2)cc1. The Morgan fingerprint density at radius 1 is 0.805 bits per heavy atom. The Labute approximate surface area is 243 Å². The van der Waals surface area contributed by atoms with Crippen LogP contribution in [0, 0.1) is 23.2 Å². The summed E-state index contributed by atoms with van der Waals surface area (Å²) in [6, 6.07) is 32.2. The number of rotatable bonds is 7. The highest BCUT2D eigenvalue weighted by atomic mass is 32.2. The summed E-state index contributed by atoms with van der Waals surface area (Å²) in [7, 11) is -5.88. The van der Waals surface area contributed by atoms with E-state index in [9.17, 15) is 26.5 Å². The van der Waals surface area contributed by atoms with E-state index in [1.165, 1.54) is 14.7 Å². The predicted octanol–water partition coefficient (Wildman–Crippen LogP) is 7.05. The number of hydrogen-bond donors (Lipinski definition) is 0. The number of benzene rings is 3. The van der Waals surface area contributed by atoms with Crippen molar-refractivity contribution in [3.8, 4) is 0 Å². The van der Waals surface area contributed by atoms with Gasteiger partial charge in [0.2, 0.25) is 0 Å². The zero-order chi connectivity index (χ0) is 29.3. The van der Waals surface area contributed by atoms with E-state index >= 15 is 0 Å². The van der Waals surface area contributed by atoms with Crippen LogP contribution in [0.5, 0.6) is 0 Å². The third-order valence-corrected chi connectivity index (χ3v) is 11.7. The first-order chi connectivity index (χ1) is 19.5. The fraction of sp³-hybridized carbons (Fsp3) is 0.406. The molecular formula is C32H34F2O5S2. The van der Waals surface area contributed by atoms with Gasteiger partial charge in [-0.15, -0.1) is 0 Å². The normalized spacial score (nSPS) is 25.7. The molecule has 4 saturated carbocycles. The van der Waals surface area contributed by atoms with Gasteiger partial charge in [0, 0.05) is 0 Å². The number of ether oxygens (including phenoxy) is 1. The van der Waals surface area contributed by atoms with E-state index in [1.54, 1.807) is 0 Å². The second-order valence-corrected chi connectivity index (χ2v) is 15.0. The van der Waals surface area contributed by atoms with Crippen molar-refractivity contribution >= 4 is 27.0 Å². The van der Waals surface area contributed by atoms with Gasteiger partial charge in [0.15, 0.2) is 30.9 Å². The van der Waals surface area contributed by atoms with Crippen molar-refractivity contribution in [3.05, 3.63) is 91.0 Å². The molecule has 0 saturated heterocycles. The van der Waals surface area contributed by atoms with Crippen molar-refractivity contribution < 1.29 is 31.3 Å². The molecule has 218 valence electrons. The van der Waals surface area contributed by atoms with E-state index in [0.29, 0.717) is 37.0 Å². The molecule has 0 heterocycles. The van der Waals surface area contributed by atoms with Gasteiger partial charge in [-0.2, -0.15) is 8.78 Å². The summed E-state index contributed by atoms with van der Waals surface area (Å²) in [5, 5.41) is -4.61. The van der Waals surface area contributed by atoms with E-state index in [0.717, 1.165) is 26.2 Å². The van der Waals surface area contributed by atoms with Crippen molar-refractivity contribution in [2.45, 2.75) is 71.5 Å². The highest BCUT2D eigenvalue weighted by molar-refractivity contribution is 7.97. The summed E-state index contributed by atoms with van der Waals surface area (Å²) in [6.07, 6.45) is 2.84. The molecule has 0 amide bonds. The van der Waals surface area contributed by atoms with E-state index in [-0.39, 0.29) is 10.9 Å². The van der Waals surface area contributed by atoms with Crippen LogP contribution in [0.25, 0.3) is 0 Å². The maximum absolute atomic E-state index is 13.5. The first kappa shape index (κ1) is 29.7. The monoisotopic (exact) mass is 600 g/mol. The van der Waals surface area contributed by atoms with Crippen molar-refractivity contribution in [2.24, 2.45) is 23.2 Å². The van der Waals surface area contributed by atoms with E-state index in [2.05, 4.69) is 91.0 Å². The minimum atomic E-state index is -5.86. The van der Waals surface area contributed by atoms with E-state index in [4.69, 9.17) is 4.74 Å². The second kappa shape index (κ2) is 11.9. The molecule has 0 radical (unpaired) electrons. The number of halogens is 2. The number of carbonyl (C=O) groups excluding carboxylic acids is 1. The number of hydrogen-bond acceptors (Lipinski definition) is 5. The summed E-state index contributed by atoms with van der Waals surface area (Å²) in [5.74, 6) is 0.524. The van der Waals surface area contributed by atoms with Gasteiger partial charge in [-0.25, -0.2) is 8.42 Å². The van der Waals surface area contributed by atoms with E-state index < -0.39 is 32.9 Å². The van der Waals surface area contributed by atoms with Crippen LogP contribution in [-0.2, 0) is 30.5 Å². The Bertz CT molecular complexity index is 1300. The number of esters is 1. The molecule has 7 rings (SSSR count). The molecule has 0 aromatic heterocycles. The molecule has 1 atom stereocenters. The maximum Gasteiger partial charge on any atom is 0.369 e. The van der Waals surface area contributed by atoms with Crippen molar-refractivity contribution in [3.63, 3.8) is 0 Å². The molecule has 5 nitrogen and oxygen atoms in total. The molecule has 3 aromatic carbocycles. The van der Waals surface area contributed by atoms with Crippen LogP contribution < -0.4 is 0 Å². The van der Waals surface area contributed by atoms with Gasteiger partial charge >= 0.3 is 11.2 Å². The summed E-state index contributed by atoms with van der Waals surface area (Å²) in [6.45, 7) is 0.758. The van der Waals surface area contributed by atoms with Crippen molar-refractivity contribution in [2.75, 3.05) is 0 Å². The van der Waals surface area contributed by atoms with Crippen molar-refractivity contribution in [1.82, 2.24) is 0 Å². The highest BCUT2D eigenvalue weighted by Crippen LogP contribution is 2.60. The van der Waals surface area contributed by atoms with Gasteiger partial charge in [0.05, 0.1) is 16.3 Å².